The summed E-state index contributed by atoms with van der Waals surface area (Å²) in [5.41, 5.74) is 2.93. The van der Waals surface area contributed by atoms with E-state index in [0.717, 1.165) is 43.2 Å². The van der Waals surface area contributed by atoms with Crippen LogP contribution in [0.1, 0.15) is 28.1 Å². The molecule has 0 radical (unpaired) electrons. The van der Waals surface area contributed by atoms with Gasteiger partial charge in [0.25, 0.3) is 0 Å². The van der Waals surface area contributed by atoms with E-state index in [1.807, 2.05) is 42.7 Å². The van der Waals surface area contributed by atoms with E-state index in [-0.39, 0.29) is 18.3 Å². The molecule has 1 saturated heterocycles. The molecule has 8 heteroatoms. The highest BCUT2D eigenvalue weighted by Crippen LogP contribution is 2.27. The molecular formula is C25H28FN5O2. The zero-order chi connectivity index (χ0) is 23.4. The van der Waals surface area contributed by atoms with Gasteiger partial charge in [0.05, 0.1) is 24.9 Å². The molecule has 3 heterocycles. The number of carbonyl (C=O) groups excluding carboxylic acids is 1. The number of amides is 1. The number of aromatic nitrogens is 1. The number of furan rings is 1. The number of carbonyl (C=O) groups is 1. The fourth-order valence-corrected chi connectivity index (χ4v) is 4.23. The lowest BCUT2D eigenvalue weighted by Gasteiger charge is -2.34. The molecule has 1 aliphatic heterocycles. The summed E-state index contributed by atoms with van der Waals surface area (Å²) in [5.74, 6) is 0.911. The number of nitrogens with one attached hydrogen (secondary N) is 1. The van der Waals surface area contributed by atoms with Crippen molar-refractivity contribution in [2.24, 2.45) is 0 Å². The maximum atomic E-state index is 13.9. The second-order valence-electron chi connectivity index (χ2n) is 8.40. The molecule has 0 saturated carbocycles. The van der Waals surface area contributed by atoms with Crippen LogP contribution in [-0.4, -0.2) is 53.0 Å². The highest BCUT2D eigenvalue weighted by molar-refractivity contribution is 5.93. The van der Waals surface area contributed by atoms with Gasteiger partial charge in [0.15, 0.2) is 0 Å². The Morgan fingerprint density at radius 3 is 2.48 bits per heavy atom. The molecule has 33 heavy (non-hydrogen) atoms. The van der Waals surface area contributed by atoms with Crippen molar-refractivity contribution in [1.29, 1.82) is 5.26 Å². The zero-order valence-corrected chi connectivity index (χ0v) is 19.0. The molecule has 4 rings (SSSR count). The van der Waals surface area contributed by atoms with Crippen LogP contribution in [0.5, 0.6) is 0 Å². The molecule has 1 N–H and O–H groups in total. The van der Waals surface area contributed by atoms with Crippen molar-refractivity contribution < 1.29 is 13.6 Å². The number of anilines is 1. The Bertz CT molecular complexity index is 1150. The fourth-order valence-electron chi connectivity index (χ4n) is 4.23. The minimum atomic E-state index is -0.184. The number of nitriles is 1. The lowest BCUT2D eigenvalue weighted by molar-refractivity contribution is -0.117. The normalized spacial score (nSPS) is 14.8. The molecular weight excluding hydrogens is 421 g/mol. The van der Waals surface area contributed by atoms with Crippen molar-refractivity contribution >= 4 is 11.7 Å². The molecule has 0 unspecified atom stereocenters. The quantitative estimate of drug-likeness (QED) is 0.597. The maximum Gasteiger partial charge on any atom is 0.239 e. The standard InChI is InChI=1S/C25H28FN5O2/c1-18-19(2)31(16-21-7-5-13-33-21)25(22(18)14-27)28-24(32)17-30-11-9-29(10-12-30)15-20-6-3-4-8-23(20)26/h3-8,13H,9-12,15-17H2,1-2H3,(H,28,32). The van der Waals surface area contributed by atoms with Crippen LogP contribution in [0.25, 0.3) is 0 Å². The fraction of sp³-hybridized carbons (Fsp3) is 0.360. The van der Waals surface area contributed by atoms with Gasteiger partial charge in [-0.1, -0.05) is 18.2 Å². The van der Waals surface area contributed by atoms with Crippen LogP contribution in [0.4, 0.5) is 10.2 Å². The van der Waals surface area contributed by atoms with Crippen LogP contribution in [0.3, 0.4) is 0 Å². The van der Waals surface area contributed by atoms with Crippen LogP contribution in [0.2, 0.25) is 0 Å². The molecule has 0 bridgehead atoms. The first-order valence-electron chi connectivity index (χ1n) is 11.1. The van der Waals surface area contributed by atoms with Crippen molar-refractivity contribution in [1.82, 2.24) is 14.4 Å². The zero-order valence-electron chi connectivity index (χ0n) is 19.0. The summed E-state index contributed by atoms with van der Waals surface area (Å²) in [7, 11) is 0. The largest absolute Gasteiger partial charge is 0.467 e. The van der Waals surface area contributed by atoms with Crippen LogP contribution in [0, 0.1) is 31.0 Å². The predicted molar refractivity (Wildman–Crippen MR) is 123 cm³/mol. The Morgan fingerprint density at radius 1 is 1.09 bits per heavy atom. The number of benzene rings is 1. The van der Waals surface area contributed by atoms with Gasteiger partial charge in [-0.05, 0) is 37.6 Å². The molecule has 0 aliphatic carbocycles. The van der Waals surface area contributed by atoms with E-state index in [2.05, 4.69) is 21.2 Å². The highest BCUT2D eigenvalue weighted by Gasteiger charge is 2.23. The molecule has 1 fully saturated rings. The van der Waals surface area contributed by atoms with Crippen LogP contribution >= 0.6 is 0 Å². The summed E-state index contributed by atoms with van der Waals surface area (Å²) in [4.78, 5) is 17.2. The van der Waals surface area contributed by atoms with Crippen molar-refractivity contribution in [3.63, 3.8) is 0 Å². The van der Waals surface area contributed by atoms with Gasteiger partial charge in [-0.2, -0.15) is 5.26 Å². The second kappa shape index (κ2) is 10.0. The van der Waals surface area contributed by atoms with Gasteiger partial charge in [0.2, 0.25) is 5.91 Å². The van der Waals surface area contributed by atoms with Gasteiger partial charge >= 0.3 is 0 Å². The van der Waals surface area contributed by atoms with Crippen molar-refractivity contribution in [2.75, 3.05) is 38.0 Å². The van der Waals surface area contributed by atoms with E-state index in [1.165, 1.54) is 6.07 Å². The monoisotopic (exact) mass is 449 g/mol. The number of nitrogens with zero attached hydrogens (tertiary/aromatic N) is 4. The number of rotatable bonds is 7. The molecule has 0 spiro atoms. The summed E-state index contributed by atoms with van der Waals surface area (Å²) < 4.78 is 21.3. The third kappa shape index (κ3) is 5.16. The minimum absolute atomic E-state index is 0.160. The van der Waals surface area contributed by atoms with Crippen LogP contribution in [0.15, 0.2) is 47.1 Å². The summed E-state index contributed by atoms with van der Waals surface area (Å²) in [6.07, 6.45) is 1.61. The molecule has 1 aromatic carbocycles. The highest BCUT2D eigenvalue weighted by atomic mass is 19.1. The molecule has 2 aromatic heterocycles. The van der Waals surface area contributed by atoms with E-state index in [4.69, 9.17) is 4.42 Å². The molecule has 1 amide bonds. The molecule has 1 aliphatic rings. The molecule has 172 valence electrons. The summed E-state index contributed by atoms with van der Waals surface area (Å²) in [6, 6.07) is 12.7. The van der Waals surface area contributed by atoms with Crippen molar-refractivity contribution in [3.05, 3.63) is 76.6 Å². The SMILES string of the molecule is Cc1c(C#N)c(NC(=O)CN2CCN(Cc3ccccc3F)CC2)n(Cc2ccco2)c1C. The first-order valence-corrected chi connectivity index (χ1v) is 11.1. The van der Waals surface area contributed by atoms with Gasteiger partial charge in [0, 0.05) is 44.0 Å². The molecule has 0 atom stereocenters. The second-order valence-corrected chi connectivity index (χ2v) is 8.40. The third-order valence-corrected chi connectivity index (χ3v) is 6.28. The average Bonchev–Trinajstić information content (AvgIpc) is 3.39. The lowest BCUT2D eigenvalue weighted by atomic mass is 10.2. The Morgan fingerprint density at radius 2 is 1.82 bits per heavy atom. The van der Waals surface area contributed by atoms with Gasteiger partial charge in [-0.3, -0.25) is 14.6 Å². The smallest absolute Gasteiger partial charge is 0.239 e. The Kier molecular flexibility index (Phi) is 6.92. The first-order chi connectivity index (χ1) is 16.0. The van der Waals surface area contributed by atoms with Gasteiger partial charge in [-0.25, -0.2) is 4.39 Å². The number of halogens is 1. The van der Waals surface area contributed by atoms with Gasteiger partial charge in [-0.15, -0.1) is 0 Å². The molecule has 3 aromatic rings. The summed E-state index contributed by atoms with van der Waals surface area (Å²) in [5, 5.41) is 12.7. The van der Waals surface area contributed by atoms with E-state index < -0.39 is 0 Å². The van der Waals surface area contributed by atoms with E-state index in [1.54, 1.807) is 12.3 Å². The van der Waals surface area contributed by atoms with E-state index in [0.29, 0.717) is 30.0 Å². The predicted octanol–water partition coefficient (Wildman–Crippen LogP) is 3.51. The topological polar surface area (TPSA) is 77.4 Å². The maximum absolute atomic E-state index is 13.9. The van der Waals surface area contributed by atoms with E-state index in [9.17, 15) is 14.4 Å². The van der Waals surface area contributed by atoms with Crippen molar-refractivity contribution in [3.8, 4) is 6.07 Å². The van der Waals surface area contributed by atoms with Crippen molar-refractivity contribution in [2.45, 2.75) is 26.9 Å². The van der Waals surface area contributed by atoms with Crippen LogP contribution in [-0.2, 0) is 17.9 Å². The number of hydrogen-bond acceptors (Lipinski definition) is 5. The van der Waals surface area contributed by atoms with E-state index >= 15 is 0 Å². The first kappa shape index (κ1) is 22.8. The Balaban J connectivity index is 1.37. The average molecular weight is 450 g/mol. The van der Waals surface area contributed by atoms with Gasteiger partial charge in [0.1, 0.15) is 23.5 Å². The number of piperazine rings is 1. The van der Waals surface area contributed by atoms with Gasteiger partial charge < -0.3 is 14.3 Å². The van der Waals surface area contributed by atoms with Crippen LogP contribution < -0.4 is 5.32 Å². The minimum Gasteiger partial charge on any atom is -0.467 e. The third-order valence-electron chi connectivity index (χ3n) is 6.28. The molecule has 7 nitrogen and oxygen atoms in total. The Hall–Kier alpha value is -3.41. The Labute approximate surface area is 193 Å². The lowest BCUT2D eigenvalue weighted by Crippen LogP contribution is -2.48. The summed E-state index contributed by atoms with van der Waals surface area (Å²) in [6.45, 7) is 8.03. The summed E-state index contributed by atoms with van der Waals surface area (Å²) >= 11 is 0. The number of hydrogen-bond donors (Lipinski definition) is 1.